The zero-order valence-electron chi connectivity index (χ0n) is 9.57. The fraction of sp³-hybridized carbons (Fsp3) is 0.154. The summed E-state index contributed by atoms with van der Waals surface area (Å²) in [6, 6.07) is 11.8. The molecule has 94 valence electrons. The van der Waals surface area contributed by atoms with E-state index in [1.165, 1.54) is 12.3 Å². The van der Waals surface area contributed by atoms with E-state index in [0.29, 0.717) is 5.56 Å². The summed E-state index contributed by atoms with van der Waals surface area (Å²) in [6.45, 7) is 0. The lowest BCUT2D eigenvalue weighted by Crippen LogP contribution is -2.17. The minimum atomic E-state index is -3.47. The molecule has 4 nitrogen and oxygen atoms in total. The van der Waals surface area contributed by atoms with Crippen LogP contribution in [0.1, 0.15) is 16.1 Å². The van der Waals surface area contributed by atoms with Crippen LogP contribution < -0.4 is 0 Å². The van der Waals surface area contributed by atoms with Crippen LogP contribution in [-0.2, 0) is 15.6 Å². The number of carbonyl (C=O) groups excluding carboxylic acids is 1. The molecule has 0 saturated heterocycles. The standard InChI is InChI=1S/C13H12O4S/c14-12(13-7-4-8-17-13)10-18(15,16)9-11-5-2-1-3-6-11/h1-8H,9-10H2. The summed E-state index contributed by atoms with van der Waals surface area (Å²) in [5, 5.41) is 0. The van der Waals surface area contributed by atoms with Crippen LogP contribution in [0.2, 0.25) is 0 Å². The van der Waals surface area contributed by atoms with Crippen LogP contribution in [0.5, 0.6) is 0 Å². The van der Waals surface area contributed by atoms with Crippen molar-refractivity contribution in [1.82, 2.24) is 0 Å². The lowest BCUT2D eigenvalue weighted by molar-refractivity contribution is 0.0990. The summed E-state index contributed by atoms with van der Waals surface area (Å²) in [4.78, 5) is 11.6. The molecule has 0 saturated carbocycles. The molecule has 0 radical (unpaired) electrons. The molecule has 18 heavy (non-hydrogen) atoms. The van der Waals surface area contributed by atoms with Crippen molar-refractivity contribution in [1.29, 1.82) is 0 Å². The third-order valence-electron chi connectivity index (χ3n) is 2.38. The van der Waals surface area contributed by atoms with E-state index in [1.54, 1.807) is 30.3 Å². The predicted octanol–water partition coefficient (Wildman–Crippen LogP) is 2.08. The Labute approximate surface area is 105 Å². The molecule has 0 N–H and O–H groups in total. The van der Waals surface area contributed by atoms with E-state index in [4.69, 9.17) is 4.42 Å². The van der Waals surface area contributed by atoms with E-state index in [2.05, 4.69) is 0 Å². The van der Waals surface area contributed by atoms with Crippen LogP contribution in [-0.4, -0.2) is 20.0 Å². The smallest absolute Gasteiger partial charge is 0.212 e. The zero-order chi connectivity index (χ0) is 13.0. The van der Waals surface area contributed by atoms with Crippen LogP contribution in [0, 0.1) is 0 Å². The highest BCUT2D eigenvalue weighted by atomic mass is 32.2. The molecule has 0 aliphatic carbocycles. The number of sulfone groups is 1. The Hall–Kier alpha value is -1.88. The second-order valence-electron chi connectivity index (χ2n) is 3.92. The maximum absolute atomic E-state index is 11.8. The van der Waals surface area contributed by atoms with Crippen molar-refractivity contribution in [3.8, 4) is 0 Å². The summed E-state index contributed by atoms with van der Waals surface area (Å²) in [6.07, 6.45) is 1.34. The van der Waals surface area contributed by atoms with Gasteiger partial charge in [-0.2, -0.15) is 0 Å². The quantitative estimate of drug-likeness (QED) is 0.775. The van der Waals surface area contributed by atoms with Gasteiger partial charge in [-0.3, -0.25) is 4.79 Å². The number of carbonyl (C=O) groups is 1. The van der Waals surface area contributed by atoms with E-state index in [0.717, 1.165) is 0 Å². The van der Waals surface area contributed by atoms with Gasteiger partial charge in [0.15, 0.2) is 15.6 Å². The highest BCUT2D eigenvalue weighted by Crippen LogP contribution is 2.09. The Bertz CT molecular complexity index is 612. The molecule has 1 aromatic carbocycles. The lowest BCUT2D eigenvalue weighted by Gasteiger charge is -2.02. The van der Waals surface area contributed by atoms with Crippen LogP contribution in [0.15, 0.2) is 53.1 Å². The van der Waals surface area contributed by atoms with Crippen LogP contribution >= 0.6 is 0 Å². The third-order valence-corrected chi connectivity index (χ3v) is 3.85. The maximum atomic E-state index is 11.8. The Kier molecular flexibility index (Phi) is 3.62. The molecule has 0 bridgehead atoms. The summed E-state index contributed by atoms with van der Waals surface area (Å²) >= 11 is 0. The molecular formula is C13H12O4S. The van der Waals surface area contributed by atoms with Gasteiger partial charge in [0.1, 0.15) is 5.75 Å². The second kappa shape index (κ2) is 5.18. The first kappa shape index (κ1) is 12.6. The van der Waals surface area contributed by atoms with Crippen LogP contribution in [0.4, 0.5) is 0 Å². The number of hydrogen-bond donors (Lipinski definition) is 0. The Balaban J connectivity index is 2.07. The summed E-state index contributed by atoms with van der Waals surface area (Å²) < 4.78 is 28.6. The molecule has 0 aliphatic rings. The molecule has 1 aromatic heterocycles. The van der Waals surface area contributed by atoms with E-state index in [-0.39, 0.29) is 11.5 Å². The first-order valence-electron chi connectivity index (χ1n) is 5.38. The molecule has 2 rings (SSSR count). The van der Waals surface area contributed by atoms with Gasteiger partial charge in [0, 0.05) is 0 Å². The molecule has 0 amide bonds. The fourth-order valence-electron chi connectivity index (χ4n) is 1.59. The van der Waals surface area contributed by atoms with Gasteiger partial charge in [-0.15, -0.1) is 0 Å². The number of ketones is 1. The highest BCUT2D eigenvalue weighted by Gasteiger charge is 2.20. The Morgan fingerprint density at radius 2 is 1.78 bits per heavy atom. The van der Waals surface area contributed by atoms with Gasteiger partial charge < -0.3 is 4.42 Å². The van der Waals surface area contributed by atoms with E-state index < -0.39 is 21.4 Å². The van der Waals surface area contributed by atoms with Gasteiger partial charge in [-0.1, -0.05) is 30.3 Å². The van der Waals surface area contributed by atoms with E-state index >= 15 is 0 Å². The summed E-state index contributed by atoms with van der Waals surface area (Å²) in [5.74, 6) is -1.11. The average molecular weight is 264 g/mol. The molecule has 0 spiro atoms. The van der Waals surface area contributed by atoms with Crippen LogP contribution in [0.25, 0.3) is 0 Å². The van der Waals surface area contributed by atoms with Crippen LogP contribution in [0.3, 0.4) is 0 Å². The van der Waals surface area contributed by atoms with Gasteiger partial charge in [-0.05, 0) is 17.7 Å². The highest BCUT2D eigenvalue weighted by molar-refractivity contribution is 7.91. The summed E-state index contributed by atoms with van der Waals surface area (Å²) in [5.41, 5.74) is 0.671. The first-order chi connectivity index (χ1) is 8.57. The molecule has 2 aromatic rings. The molecule has 0 atom stereocenters. The molecule has 0 unspecified atom stereocenters. The monoisotopic (exact) mass is 264 g/mol. The van der Waals surface area contributed by atoms with Gasteiger partial charge >= 0.3 is 0 Å². The predicted molar refractivity (Wildman–Crippen MR) is 67.0 cm³/mol. The molecular weight excluding hydrogens is 252 g/mol. The SMILES string of the molecule is O=C(CS(=O)(=O)Cc1ccccc1)c1ccco1. The lowest BCUT2D eigenvalue weighted by atomic mass is 10.2. The second-order valence-corrected chi connectivity index (χ2v) is 5.98. The summed E-state index contributed by atoms with van der Waals surface area (Å²) in [7, 11) is -3.47. The van der Waals surface area contributed by atoms with Crippen molar-refractivity contribution in [3.05, 3.63) is 60.1 Å². The van der Waals surface area contributed by atoms with Gasteiger partial charge in [-0.25, -0.2) is 8.42 Å². The molecule has 5 heteroatoms. The molecule has 0 fully saturated rings. The number of benzene rings is 1. The number of furan rings is 1. The van der Waals surface area contributed by atoms with Crippen molar-refractivity contribution in [2.75, 3.05) is 5.75 Å². The van der Waals surface area contributed by atoms with Gasteiger partial charge in [0.05, 0.1) is 12.0 Å². The third kappa shape index (κ3) is 3.30. The maximum Gasteiger partial charge on any atom is 0.212 e. The minimum Gasteiger partial charge on any atom is -0.461 e. The Morgan fingerprint density at radius 1 is 1.06 bits per heavy atom. The van der Waals surface area contributed by atoms with E-state index in [9.17, 15) is 13.2 Å². The van der Waals surface area contributed by atoms with Crippen molar-refractivity contribution < 1.29 is 17.6 Å². The van der Waals surface area contributed by atoms with E-state index in [1.807, 2.05) is 6.07 Å². The van der Waals surface area contributed by atoms with Crippen molar-refractivity contribution in [3.63, 3.8) is 0 Å². The van der Waals surface area contributed by atoms with Crippen molar-refractivity contribution >= 4 is 15.6 Å². The van der Waals surface area contributed by atoms with Gasteiger partial charge in [0.25, 0.3) is 0 Å². The molecule has 1 heterocycles. The molecule has 0 aliphatic heterocycles. The number of Topliss-reactive ketones (excluding diaryl/α,β-unsaturated/α-hetero) is 1. The fourth-order valence-corrected chi connectivity index (χ4v) is 2.93. The zero-order valence-corrected chi connectivity index (χ0v) is 10.4. The minimum absolute atomic E-state index is 0.0756. The average Bonchev–Trinajstić information content (AvgIpc) is 2.82. The van der Waals surface area contributed by atoms with Crippen molar-refractivity contribution in [2.24, 2.45) is 0 Å². The first-order valence-corrected chi connectivity index (χ1v) is 7.20. The normalized spacial score (nSPS) is 11.3. The Morgan fingerprint density at radius 3 is 2.39 bits per heavy atom. The van der Waals surface area contributed by atoms with Crippen molar-refractivity contribution in [2.45, 2.75) is 5.75 Å². The number of rotatable bonds is 5. The van der Waals surface area contributed by atoms with Gasteiger partial charge in [0.2, 0.25) is 5.78 Å². The number of hydrogen-bond acceptors (Lipinski definition) is 4. The largest absolute Gasteiger partial charge is 0.461 e. The topological polar surface area (TPSA) is 64.3 Å².